The Kier molecular flexibility index (Phi) is 4.30. The fourth-order valence-corrected chi connectivity index (χ4v) is 3.16. The van der Waals surface area contributed by atoms with Gasteiger partial charge in [0.2, 0.25) is 0 Å². The van der Waals surface area contributed by atoms with Crippen LogP contribution in [-0.2, 0) is 4.79 Å². The summed E-state index contributed by atoms with van der Waals surface area (Å²) in [4.78, 5) is 14.9. The van der Waals surface area contributed by atoms with Gasteiger partial charge in [-0.05, 0) is 31.7 Å². The van der Waals surface area contributed by atoms with Crippen molar-refractivity contribution in [2.24, 2.45) is 5.92 Å². The summed E-state index contributed by atoms with van der Waals surface area (Å²) in [7, 11) is 0. The van der Waals surface area contributed by atoms with Gasteiger partial charge in [-0.2, -0.15) is 5.26 Å². The van der Waals surface area contributed by atoms with Crippen molar-refractivity contribution in [2.45, 2.75) is 31.7 Å². The number of halogens is 2. The van der Waals surface area contributed by atoms with Gasteiger partial charge in [0, 0.05) is 23.7 Å². The number of benzene rings is 1. The maximum Gasteiger partial charge on any atom is 0.306 e. The van der Waals surface area contributed by atoms with Crippen molar-refractivity contribution in [1.29, 1.82) is 5.26 Å². The molecule has 0 amide bonds. The largest absolute Gasteiger partial charge is 0.481 e. The average molecular weight is 331 g/mol. The molecule has 5 nitrogen and oxygen atoms in total. The van der Waals surface area contributed by atoms with Gasteiger partial charge >= 0.3 is 5.97 Å². The maximum absolute atomic E-state index is 13.9. The smallest absolute Gasteiger partial charge is 0.306 e. The van der Waals surface area contributed by atoms with E-state index in [-0.39, 0.29) is 28.4 Å². The first kappa shape index (κ1) is 16.1. The summed E-state index contributed by atoms with van der Waals surface area (Å²) in [6.07, 6.45) is 3.54. The molecule has 0 saturated heterocycles. The molecule has 1 aliphatic rings. The summed E-state index contributed by atoms with van der Waals surface area (Å²) in [6.45, 7) is 0. The van der Waals surface area contributed by atoms with Crippen molar-refractivity contribution in [3.63, 3.8) is 0 Å². The number of aliphatic carboxylic acids is 1. The van der Waals surface area contributed by atoms with Crippen molar-refractivity contribution in [1.82, 2.24) is 4.98 Å². The van der Waals surface area contributed by atoms with Crippen LogP contribution in [0.2, 0.25) is 0 Å². The highest BCUT2D eigenvalue weighted by Gasteiger charge is 2.27. The van der Waals surface area contributed by atoms with Gasteiger partial charge in [-0.25, -0.2) is 8.78 Å². The molecule has 0 radical (unpaired) electrons. The molecule has 7 heteroatoms. The predicted molar refractivity (Wildman–Crippen MR) is 83.4 cm³/mol. The van der Waals surface area contributed by atoms with E-state index in [1.165, 1.54) is 6.20 Å². The van der Waals surface area contributed by atoms with Gasteiger partial charge in [-0.3, -0.25) is 9.78 Å². The molecular formula is C17H15F2N3O2. The summed E-state index contributed by atoms with van der Waals surface area (Å²) in [5.74, 6) is -2.69. The lowest BCUT2D eigenvalue weighted by Crippen LogP contribution is -2.29. The second-order valence-corrected chi connectivity index (χ2v) is 5.97. The molecule has 0 bridgehead atoms. The first-order valence-electron chi connectivity index (χ1n) is 7.66. The molecule has 0 spiro atoms. The molecule has 0 unspecified atom stereocenters. The summed E-state index contributed by atoms with van der Waals surface area (Å²) in [5.41, 5.74) is 0.546. The second kappa shape index (κ2) is 6.40. The lowest BCUT2D eigenvalue weighted by Gasteiger charge is -2.28. The van der Waals surface area contributed by atoms with E-state index in [2.05, 4.69) is 10.3 Å². The third kappa shape index (κ3) is 3.00. The fourth-order valence-electron chi connectivity index (χ4n) is 3.16. The number of nitrogens with zero attached hydrogens (tertiary/aromatic N) is 2. The van der Waals surface area contributed by atoms with Crippen LogP contribution in [0, 0.1) is 28.9 Å². The highest BCUT2D eigenvalue weighted by molar-refractivity contribution is 5.94. The number of hydrogen-bond donors (Lipinski definition) is 2. The molecule has 2 N–H and O–H groups in total. The van der Waals surface area contributed by atoms with Gasteiger partial charge in [0.25, 0.3) is 0 Å². The molecule has 3 rings (SSSR count). The van der Waals surface area contributed by atoms with Crippen LogP contribution in [0.1, 0.15) is 31.2 Å². The number of fused-ring (bicyclic) bond motifs is 1. The minimum atomic E-state index is -0.801. The Morgan fingerprint density at radius 1 is 1.29 bits per heavy atom. The molecule has 124 valence electrons. The van der Waals surface area contributed by atoms with Crippen molar-refractivity contribution in [3.05, 3.63) is 35.5 Å². The highest BCUT2D eigenvalue weighted by Crippen LogP contribution is 2.32. The number of carboxylic acid groups (broad SMARTS) is 1. The quantitative estimate of drug-likeness (QED) is 0.900. The number of anilines is 1. The number of hydrogen-bond acceptors (Lipinski definition) is 4. The van der Waals surface area contributed by atoms with Crippen LogP contribution in [0.15, 0.2) is 18.3 Å². The van der Waals surface area contributed by atoms with E-state index in [9.17, 15) is 18.8 Å². The molecule has 1 saturated carbocycles. The van der Waals surface area contributed by atoms with Crippen LogP contribution in [0.25, 0.3) is 10.9 Å². The Morgan fingerprint density at radius 3 is 2.62 bits per heavy atom. The molecule has 0 aliphatic heterocycles. The SMILES string of the molecule is N#Cc1cnc2c(F)cc(F)cc2c1NC1CCC(C(=O)O)CC1. The van der Waals surface area contributed by atoms with Crippen molar-refractivity contribution < 1.29 is 18.7 Å². The average Bonchev–Trinajstić information content (AvgIpc) is 2.56. The van der Waals surface area contributed by atoms with Crippen LogP contribution >= 0.6 is 0 Å². The third-order valence-electron chi connectivity index (χ3n) is 4.43. The van der Waals surface area contributed by atoms with Crippen LogP contribution in [-0.4, -0.2) is 22.1 Å². The Labute approximate surface area is 136 Å². The molecule has 1 aliphatic carbocycles. The van der Waals surface area contributed by atoms with Gasteiger partial charge in [0.1, 0.15) is 17.4 Å². The van der Waals surface area contributed by atoms with Gasteiger partial charge in [0.15, 0.2) is 5.82 Å². The molecular weight excluding hydrogens is 316 g/mol. The van der Waals surface area contributed by atoms with E-state index in [4.69, 9.17) is 5.11 Å². The second-order valence-electron chi connectivity index (χ2n) is 5.97. The fraction of sp³-hybridized carbons (Fsp3) is 0.353. The molecule has 1 aromatic carbocycles. The third-order valence-corrected chi connectivity index (χ3v) is 4.43. The van der Waals surface area contributed by atoms with Crippen molar-refractivity contribution >= 4 is 22.6 Å². The summed E-state index contributed by atoms with van der Waals surface area (Å²) < 4.78 is 27.5. The summed E-state index contributed by atoms with van der Waals surface area (Å²) in [6, 6.07) is 3.83. The maximum atomic E-state index is 13.9. The lowest BCUT2D eigenvalue weighted by molar-refractivity contribution is -0.142. The van der Waals surface area contributed by atoms with E-state index >= 15 is 0 Å². The first-order valence-corrected chi connectivity index (χ1v) is 7.66. The zero-order valence-electron chi connectivity index (χ0n) is 12.7. The first-order chi connectivity index (χ1) is 11.5. The summed E-state index contributed by atoms with van der Waals surface area (Å²) >= 11 is 0. The number of rotatable bonds is 3. The molecule has 0 atom stereocenters. The normalized spacial score (nSPS) is 20.5. The minimum absolute atomic E-state index is 0.00266. The monoisotopic (exact) mass is 331 g/mol. The number of carboxylic acids is 1. The highest BCUT2D eigenvalue weighted by atomic mass is 19.1. The number of nitriles is 1. The van der Waals surface area contributed by atoms with Gasteiger partial charge in [-0.1, -0.05) is 0 Å². The van der Waals surface area contributed by atoms with Crippen molar-refractivity contribution in [3.8, 4) is 6.07 Å². The van der Waals surface area contributed by atoms with Gasteiger partial charge in [-0.15, -0.1) is 0 Å². The zero-order chi connectivity index (χ0) is 17.3. The Bertz CT molecular complexity index is 840. The van der Waals surface area contributed by atoms with E-state index in [1.54, 1.807) is 0 Å². The van der Waals surface area contributed by atoms with E-state index in [0.717, 1.165) is 12.1 Å². The molecule has 1 heterocycles. The van der Waals surface area contributed by atoms with Crippen LogP contribution in [0.3, 0.4) is 0 Å². The molecule has 1 fully saturated rings. The van der Waals surface area contributed by atoms with Crippen LogP contribution in [0.4, 0.5) is 14.5 Å². The molecule has 1 aromatic heterocycles. The zero-order valence-corrected chi connectivity index (χ0v) is 12.7. The number of nitrogens with one attached hydrogen (secondary N) is 1. The Morgan fingerprint density at radius 2 is 2.00 bits per heavy atom. The summed E-state index contributed by atoms with van der Waals surface area (Å²) in [5, 5.41) is 21.7. The standard InChI is InChI=1S/C17H15F2N3O2/c18-11-5-13-15(10(7-20)8-21-16(13)14(19)6-11)22-12-3-1-9(2-4-12)17(23)24/h5-6,8-9,12H,1-4H2,(H,21,22)(H,23,24). The van der Waals surface area contributed by atoms with Crippen LogP contribution in [0.5, 0.6) is 0 Å². The predicted octanol–water partition coefficient (Wildman–Crippen LogP) is 3.44. The topological polar surface area (TPSA) is 86.0 Å². The number of carbonyl (C=O) groups is 1. The van der Waals surface area contributed by atoms with Gasteiger partial charge in [0.05, 0.1) is 17.2 Å². The number of aromatic nitrogens is 1. The van der Waals surface area contributed by atoms with E-state index in [1.807, 2.05) is 6.07 Å². The van der Waals surface area contributed by atoms with Crippen molar-refractivity contribution in [2.75, 3.05) is 5.32 Å². The molecule has 2 aromatic rings. The Balaban J connectivity index is 1.94. The Hall–Kier alpha value is -2.75. The minimum Gasteiger partial charge on any atom is -0.481 e. The van der Waals surface area contributed by atoms with E-state index in [0.29, 0.717) is 31.4 Å². The van der Waals surface area contributed by atoms with E-state index < -0.39 is 17.6 Å². The number of pyridine rings is 1. The van der Waals surface area contributed by atoms with Crippen LogP contribution < -0.4 is 5.32 Å². The lowest BCUT2D eigenvalue weighted by atomic mass is 9.86. The van der Waals surface area contributed by atoms with Gasteiger partial charge < -0.3 is 10.4 Å². The molecule has 24 heavy (non-hydrogen) atoms.